The third-order valence-electron chi connectivity index (χ3n) is 6.45. The number of piperidine rings is 1. The van der Waals surface area contributed by atoms with Crippen LogP contribution in [0.4, 0.5) is 0 Å². The third-order valence-corrected chi connectivity index (χ3v) is 6.94. The van der Waals surface area contributed by atoms with E-state index in [0.717, 1.165) is 42.0 Å². The molecule has 7 nitrogen and oxygen atoms in total. The maximum Gasteiger partial charge on any atom is 0.255 e. The molecule has 2 amide bonds. The molecule has 2 aromatic rings. The number of likely N-dealkylation sites (tertiary alicyclic amines) is 1. The maximum atomic E-state index is 13.2. The molecule has 8 heteroatoms. The molecule has 2 aliphatic heterocycles. The number of aryl methyl sites for hydroxylation is 1. The van der Waals surface area contributed by atoms with Gasteiger partial charge >= 0.3 is 0 Å². The highest BCUT2D eigenvalue weighted by Crippen LogP contribution is 2.28. The van der Waals surface area contributed by atoms with E-state index < -0.39 is 0 Å². The standard InChI is InChI=1S/C25H31BrN4O3/c1-18-12-19(16-27-15-18)25(32)30-7-6-23(33-22-5-3-4-21(26)14-22)20(17-30)13-24(31)29-10-8-28(2)9-11-29/h3-5,12,14-16,20,23H,6-11,13,17H2,1-2H3/t20-,23-/m0/s1. The van der Waals surface area contributed by atoms with Crippen LogP contribution in [-0.2, 0) is 4.79 Å². The summed E-state index contributed by atoms with van der Waals surface area (Å²) in [6, 6.07) is 9.63. The Kier molecular flexibility index (Phi) is 7.65. The molecule has 0 unspecified atom stereocenters. The number of benzene rings is 1. The van der Waals surface area contributed by atoms with Crippen molar-refractivity contribution in [3.63, 3.8) is 0 Å². The largest absolute Gasteiger partial charge is 0.490 e. The third kappa shape index (κ3) is 6.12. The molecule has 2 atom stereocenters. The van der Waals surface area contributed by atoms with Crippen molar-refractivity contribution in [2.45, 2.75) is 25.9 Å². The number of rotatable bonds is 5. The van der Waals surface area contributed by atoms with E-state index >= 15 is 0 Å². The molecule has 0 N–H and O–H groups in total. The molecule has 0 saturated carbocycles. The molecule has 33 heavy (non-hydrogen) atoms. The van der Waals surface area contributed by atoms with Crippen LogP contribution in [0.3, 0.4) is 0 Å². The number of halogens is 1. The Morgan fingerprint density at radius 3 is 2.61 bits per heavy atom. The number of piperazine rings is 1. The van der Waals surface area contributed by atoms with Crippen LogP contribution in [0.2, 0.25) is 0 Å². The van der Waals surface area contributed by atoms with E-state index in [9.17, 15) is 9.59 Å². The molecule has 1 aromatic carbocycles. The van der Waals surface area contributed by atoms with Gasteiger partial charge in [-0.15, -0.1) is 0 Å². The molecular weight excluding hydrogens is 484 g/mol. The lowest BCUT2D eigenvalue weighted by atomic mass is 9.90. The summed E-state index contributed by atoms with van der Waals surface area (Å²) in [6.45, 7) is 6.28. The van der Waals surface area contributed by atoms with Crippen molar-refractivity contribution in [3.05, 3.63) is 58.3 Å². The number of ether oxygens (including phenoxy) is 1. The SMILES string of the molecule is Cc1cncc(C(=O)N2CC[C@H](Oc3cccc(Br)c3)[C@@H](CC(=O)N3CCN(C)CC3)C2)c1. The zero-order chi connectivity index (χ0) is 23.4. The monoisotopic (exact) mass is 514 g/mol. The lowest BCUT2D eigenvalue weighted by Crippen LogP contribution is -2.51. The van der Waals surface area contributed by atoms with Gasteiger partial charge in [-0.3, -0.25) is 14.6 Å². The minimum absolute atomic E-state index is 0.0378. The summed E-state index contributed by atoms with van der Waals surface area (Å²) in [5.41, 5.74) is 1.54. The van der Waals surface area contributed by atoms with Gasteiger partial charge in [0.1, 0.15) is 11.9 Å². The van der Waals surface area contributed by atoms with Crippen molar-refractivity contribution in [3.8, 4) is 5.75 Å². The van der Waals surface area contributed by atoms with Gasteiger partial charge in [-0.25, -0.2) is 0 Å². The molecule has 2 fully saturated rings. The molecule has 0 spiro atoms. The highest BCUT2D eigenvalue weighted by molar-refractivity contribution is 9.10. The molecule has 1 aromatic heterocycles. The Morgan fingerprint density at radius 1 is 1.09 bits per heavy atom. The molecular formula is C25H31BrN4O3. The van der Waals surface area contributed by atoms with E-state index in [2.05, 4.69) is 32.9 Å². The Morgan fingerprint density at radius 2 is 1.88 bits per heavy atom. The number of hydrogen-bond donors (Lipinski definition) is 0. The van der Waals surface area contributed by atoms with Crippen molar-refractivity contribution in [2.24, 2.45) is 5.92 Å². The number of carbonyl (C=O) groups excluding carboxylic acids is 2. The van der Waals surface area contributed by atoms with Gasteiger partial charge in [0.2, 0.25) is 5.91 Å². The number of likely N-dealkylation sites (N-methyl/N-ethyl adjacent to an activating group) is 1. The summed E-state index contributed by atoms with van der Waals surface area (Å²) in [4.78, 5) is 36.5. The van der Waals surface area contributed by atoms with Gasteiger partial charge in [-0.05, 0) is 43.8 Å². The van der Waals surface area contributed by atoms with Gasteiger partial charge in [0.05, 0.1) is 5.56 Å². The fourth-order valence-electron chi connectivity index (χ4n) is 4.53. The van der Waals surface area contributed by atoms with Crippen LogP contribution in [0.5, 0.6) is 5.75 Å². The summed E-state index contributed by atoms with van der Waals surface area (Å²) in [6.07, 6.45) is 4.28. The fraction of sp³-hybridized carbons (Fsp3) is 0.480. The van der Waals surface area contributed by atoms with Crippen molar-refractivity contribution in [1.29, 1.82) is 0 Å². The van der Waals surface area contributed by atoms with Crippen LogP contribution in [0, 0.1) is 12.8 Å². The average Bonchev–Trinajstić information content (AvgIpc) is 2.80. The second-order valence-corrected chi connectivity index (χ2v) is 9.97. The highest BCUT2D eigenvalue weighted by Gasteiger charge is 2.36. The minimum Gasteiger partial charge on any atom is -0.490 e. The summed E-state index contributed by atoms with van der Waals surface area (Å²) in [5, 5.41) is 0. The molecule has 2 saturated heterocycles. The van der Waals surface area contributed by atoms with Gasteiger partial charge < -0.3 is 19.4 Å². The van der Waals surface area contributed by atoms with E-state index in [1.54, 1.807) is 12.4 Å². The summed E-state index contributed by atoms with van der Waals surface area (Å²) >= 11 is 3.50. The molecule has 0 aliphatic carbocycles. The number of aromatic nitrogens is 1. The summed E-state index contributed by atoms with van der Waals surface area (Å²) < 4.78 is 7.30. The van der Waals surface area contributed by atoms with E-state index in [0.29, 0.717) is 31.5 Å². The number of amides is 2. The number of hydrogen-bond acceptors (Lipinski definition) is 5. The van der Waals surface area contributed by atoms with E-state index in [4.69, 9.17) is 4.74 Å². The number of carbonyl (C=O) groups is 2. The molecule has 0 bridgehead atoms. The lowest BCUT2D eigenvalue weighted by molar-refractivity contribution is -0.135. The van der Waals surface area contributed by atoms with Gasteiger partial charge in [-0.1, -0.05) is 22.0 Å². The van der Waals surface area contributed by atoms with E-state index in [1.165, 1.54) is 0 Å². The maximum absolute atomic E-state index is 13.2. The molecule has 3 heterocycles. The highest BCUT2D eigenvalue weighted by atomic mass is 79.9. The van der Waals surface area contributed by atoms with Crippen LogP contribution < -0.4 is 4.74 Å². The number of nitrogens with zero attached hydrogens (tertiary/aromatic N) is 4. The lowest BCUT2D eigenvalue weighted by Gasteiger charge is -2.40. The van der Waals surface area contributed by atoms with E-state index in [1.807, 2.05) is 47.1 Å². The first-order valence-corrected chi connectivity index (χ1v) is 12.3. The van der Waals surface area contributed by atoms with Gasteiger partial charge in [-0.2, -0.15) is 0 Å². The quantitative estimate of drug-likeness (QED) is 0.612. The normalized spacial score (nSPS) is 21.7. The smallest absolute Gasteiger partial charge is 0.255 e. The zero-order valence-electron chi connectivity index (χ0n) is 19.2. The second-order valence-electron chi connectivity index (χ2n) is 9.05. The van der Waals surface area contributed by atoms with Crippen LogP contribution in [0.1, 0.15) is 28.8 Å². The van der Waals surface area contributed by atoms with Crippen LogP contribution in [-0.4, -0.2) is 83.9 Å². The fourth-order valence-corrected chi connectivity index (χ4v) is 4.90. The van der Waals surface area contributed by atoms with Gasteiger partial charge in [0.25, 0.3) is 5.91 Å². The zero-order valence-corrected chi connectivity index (χ0v) is 20.8. The van der Waals surface area contributed by atoms with Crippen molar-refractivity contribution >= 4 is 27.7 Å². The number of pyridine rings is 1. The summed E-state index contributed by atoms with van der Waals surface area (Å²) in [7, 11) is 2.08. The van der Waals surface area contributed by atoms with Crippen molar-refractivity contribution < 1.29 is 14.3 Å². The van der Waals surface area contributed by atoms with Crippen molar-refractivity contribution in [1.82, 2.24) is 19.7 Å². The Hall–Kier alpha value is -2.45. The minimum atomic E-state index is -0.129. The van der Waals surface area contributed by atoms with Gasteiger partial charge in [0, 0.05) is 74.9 Å². The van der Waals surface area contributed by atoms with Crippen molar-refractivity contribution in [2.75, 3.05) is 46.3 Å². The molecule has 4 rings (SSSR count). The first-order valence-electron chi connectivity index (χ1n) is 11.5. The Balaban J connectivity index is 1.49. The van der Waals surface area contributed by atoms with E-state index in [-0.39, 0.29) is 23.8 Å². The van der Waals surface area contributed by atoms with Crippen LogP contribution in [0.15, 0.2) is 47.2 Å². The predicted molar refractivity (Wildman–Crippen MR) is 130 cm³/mol. The second kappa shape index (κ2) is 10.7. The average molecular weight is 515 g/mol. The molecule has 2 aliphatic rings. The Labute approximate surface area is 203 Å². The van der Waals surface area contributed by atoms with Crippen LogP contribution >= 0.6 is 15.9 Å². The topological polar surface area (TPSA) is 66.0 Å². The predicted octanol–water partition coefficient (Wildman–Crippen LogP) is 3.23. The summed E-state index contributed by atoms with van der Waals surface area (Å²) in [5.74, 6) is 0.798. The first kappa shape index (κ1) is 23.7. The van der Waals surface area contributed by atoms with Gasteiger partial charge in [0.15, 0.2) is 0 Å². The first-order chi connectivity index (χ1) is 15.9. The molecule has 0 radical (unpaired) electrons. The van der Waals surface area contributed by atoms with Crippen LogP contribution in [0.25, 0.3) is 0 Å². The Bertz CT molecular complexity index is 993. The molecule has 176 valence electrons.